The van der Waals surface area contributed by atoms with E-state index in [1.807, 2.05) is 19.1 Å². The lowest BCUT2D eigenvalue weighted by Gasteiger charge is -2.11. The largest absolute Gasteiger partial charge is 0.461 e. The summed E-state index contributed by atoms with van der Waals surface area (Å²) in [7, 11) is 0. The molecule has 0 spiro atoms. The molecule has 0 atom stereocenters. The van der Waals surface area contributed by atoms with E-state index in [0.717, 1.165) is 41.9 Å². The number of carbonyl (C=O) groups is 1. The average Bonchev–Trinajstić information content (AvgIpc) is 2.84. The molecule has 0 unspecified atom stereocenters. The molecule has 0 amide bonds. The third-order valence-corrected chi connectivity index (χ3v) is 3.06. The maximum absolute atomic E-state index is 11.4. The summed E-state index contributed by atoms with van der Waals surface area (Å²) in [5.41, 5.74) is 2.17. The number of ether oxygens (including phenoxy) is 3. The first-order chi connectivity index (χ1) is 9.24. The lowest BCUT2D eigenvalue weighted by Crippen LogP contribution is -2.05. The van der Waals surface area contributed by atoms with Crippen LogP contribution in [-0.4, -0.2) is 12.8 Å². The van der Waals surface area contributed by atoms with Gasteiger partial charge in [0.05, 0.1) is 0 Å². The molecular formula is C15H20O4. The van der Waals surface area contributed by atoms with Crippen molar-refractivity contribution in [1.29, 1.82) is 0 Å². The van der Waals surface area contributed by atoms with Gasteiger partial charge in [-0.15, -0.1) is 0 Å². The molecule has 0 N–H and O–H groups in total. The summed E-state index contributed by atoms with van der Waals surface area (Å²) in [5, 5.41) is 0. The van der Waals surface area contributed by atoms with Gasteiger partial charge in [0.2, 0.25) is 6.79 Å². The summed E-state index contributed by atoms with van der Waals surface area (Å²) in [6.07, 6.45) is 3.25. The molecule has 0 fully saturated rings. The van der Waals surface area contributed by atoms with Crippen LogP contribution in [0.5, 0.6) is 11.5 Å². The molecule has 2 rings (SSSR count). The van der Waals surface area contributed by atoms with Gasteiger partial charge in [-0.3, -0.25) is 4.79 Å². The van der Waals surface area contributed by atoms with Gasteiger partial charge >= 0.3 is 5.97 Å². The van der Waals surface area contributed by atoms with Crippen molar-refractivity contribution in [2.45, 2.75) is 46.1 Å². The van der Waals surface area contributed by atoms with E-state index < -0.39 is 0 Å². The van der Waals surface area contributed by atoms with E-state index in [4.69, 9.17) is 14.2 Å². The summed E-state index contributed by atoms with van der Waals surface area (Å²) in [4.78, 5) is 11.4. The molecule has 0 saturated heterocycles. The lowest BCUT2D eigenvalue weighted by molar-refractivity contribution is -0.145. The maximum Gasteiger partial charge on any atom is 0.306 e. The minimum atomic E-state index is -0.150. The number of carbonyl (C=O) groups excluding carboxylic acids is 1. The normalized spacial score (nSPS) is 12.5. The highest BCUT2D eigenvalue weighted by Gasteiger charge is 2.17. The lowest BCUT2D eigenvalue weighted by atomic mass is 10.0. The Hall–Kier alpha value is -1.71. The van der Waals surface area contributed by atoms with Crippen LogP contribution in [0.2, 0.25) is 0 Å². The summed E-state index contributed by atoms with van der Waals surface area (Å²) in [6.45, 7) is 4.66. The van der Waals surface area contributed by atoms with Gasteiger partial charge in [-0.1, -0.05) is 20.3 Å². The van der Waals surface area contributed by atoms with E-state index in [0.29, 0.717) is 13.0 Å². The smallest absolute Gasteiger partial charge is 0.306 e. The highest BCUT2D eigenvalue weighted by atomic mass is 16.7. The van der Waals surface area contributed by atoms with Crippen LogP contribution in [0, 0.1) is 0 Å². The molecule has 1 heterocycles. The van der Waals surface area contributed by atoms with E-state index in [9.17, 15) is 4.79 Å². The van der Waals surface area contributed by atoms with Gasteiger partial charge < -0.3 is 14.2 Å². The predicted molar refractivity (Wildman–Crippen MR) is 71.3 cm³/mol. The topological polar surface area (TPSA) is 44.8 Å². The van der Waals surface area contributed by atoms with Crippen LogP contribution in [0.25, 0.3) is 0 Å². The Morgan fingerprint density at radius 3 is 2.47 bits per heavy atom. The van der Waals surface area contributed by atoms with Gasteiger partial charge in [-0.25, -0.2) is 0 Å². The third-order valence-electron chi connectivity index (χ3n) is 3.06. The number of rotatable bonds is 6. The van der Waals surface area contributed by atoms with Gasteiger partial charge in [-0.2, -0.15) is 0 Å². The second-order valence-corrected chi connectivity index (χ2v) is 4.63. The van der Waals surface area contributed by atoms with Crippen molar-refractivity contribution in [1.82, 2.24) is 0 Å². The van der Waals surface area contributed by atoms with Gasteiger partial charge in [0.1, 0.15) is 6.61 Å². The fraction of sp³-hybridized carbons (Fsp3) is 0.533. The van der Waals surface area contributed by atoms with Crippen LogP contribution in [0.15, 0.2) is 12.1 Å². The fourth-order valence-corrected chi connectivity index (χ4v) is 2.10. The number of hydrogen-bond acceptors (Lipinski definition) is 4. The van der Waals surface area contributed by atoms with Crippen molar-refractivity contribution in [3.63, 3.8) is 0 Å². The first kappa shape index (κ1) is 13.7. The molecule has 4 heteroatoms. The highest BCUT2D eigenvalue weighted by Crippen LogP contribution is 2.35. The number of aryl methyl sites for hydroxylation is 1. The Kier molecular flexibility index (Phi) is 4.66. The minimum absolute atomic E-state index is 0.150. The van der Waals surface area contributed by atoms with Crippen LogP contribution in [0.4, 0.5) is 0 Å². The second kappa shape index (κ2) is 6.45. The molecule has 0 saturated carbocycles. The van der Waals surface area contributed by atoms with Crippen LogP contribution in [0.3, 0.4) is 0 Å². The van der Waals surface area contributed by atoms with Crippen molar-refractivity contribution in [2.24, 2.45) is 0 Å². The molecule has 1 aromatic rings. The van der Waals surface area contributed by atoms with E-state index in [2.05, 4.69) is 6.92 Å². The summed E-state index contributed by atoms with van der Waals surface area (Å²) in [6, 6.07) is 3.92. The zero-order valence-electron chi connectivity index (χ0n) is 11.5. The molecule has 0 aromatic heterocycles. The van der Waals surface area contributed by atoms with Crippen LogP contribution in [-0.2, 0) is 22.6 Å². The van der Waals surface area contributed by atoms with Gasteiger partial charge in [0, 0.05) is 6.42 Å². The first-order valence-electron chi connectivity index (χ1n) is 6.81. The predicted octanol–water partition coefficient (Wildman–Crippen LogP) is 3.21. The van der Waals surface area contributed by atoms with E-state index in [1.54, 1.807) is 0 Å². The van der Waals surface area contributed by atoms with Crippen molar-refractivity contribution >= 4 is 5.97 Å². The van der Waals surface area contributed by atoms with Gasteiger partial charge in [0.15, 0.2) is 11.5 Å². The first-order valence-corrected chi connectivity index (χ1v) is 6.81. The Labute approximate surface area is 113 Å². The number of hydrogen-bond donors (Lipinski definition) is 0. The SMILES string of the molecule is CCCC(=O)OCc1cc2c(cc1CCC)OCO2. The molecule has 1 aliphatic rings. The zero-order valence-corrected chi connectivity index (χ0v) is 11.5. The monoisotopic (exact) mass is 264 g/mol. The Morgan fingerprint density at radius 2 is 1.84 bits per heavy atom. The standard InChI is InChI=1S/C15H20O4/c1-3-5-11-7-13-14(19-10-18-13)8-12(11)9-17-15(16)6-4-2/h7-8H,3-6,9-10H2,1-2H3. The fourth-order valence-electron chi connectivity index (χ4n) is 2.10. The van der Waals surface area contributed by atoms with E-state index in [-0.39, 0.29) is 12.8 Å². The van der Waals surface area contributed by atoms with Crippen molar-refractivity contribution in [3.8, 4) is 11.5 Å². The van der Waals surface area contributed by atoms with Crippen molar-refractivity contribution in [2.75, 3.05) is 6.79 Å². The number of benzene rings is 1. The molecule has 0 radical (unpaired) electrons. The van der Waals surface area contributed by atoms with Gasteiger partial charge in [-0.05, 0) is 36.1 Å². The third kappa shape index (κ3) is 3.40. The molecule has 104 valence electrons. The average molecular weight is 264 g/mol. The highest BCUT2D eigenvalue weighted by molar-refractivity contribution is 5.69. The van der Waals surface area contributed by atoms with Crippen molar-refractivity contribution in [3.05, 3.63) is 23.3 Å². The Balaban J connectivity index is 2.11. The van der Waals surface area contributed by atoms with Crippen molar-refractivity contribution < 1.29 is 19.0 Å². The quantitative estimate of drug-likeness (QED) is 0.740. The second-order valence-electron chi connectivity index (χ2n) is 4.63. The van der Waals surface area contributed by atoms with Crippen LogP contribution >= 0.6 is 0 Å². The van der Waals surface area contributed by atoms with Crippen LogP contribution in [0.1, 0.15) is 44.2 Å². The molecular weight excluding hydrogens is 244 g/mol. The number of fused-ring (bicyclic) bond motifs is 1. The molecule has 1 aliphatic heterocycles. The minimum Gasteiger partial charge on any atom is -0.461 e. The molecule has 19 heavy (non-hydrogen) atoms. The van der Waals surface area contributed by atoms with E-state index in [1.165, 1.54) is 0 Å². The van der Waals surface area contributed by atoms with Crippen LogP contribution < -0.4 is 9.47 Å². The maximum atomic E-state index is 11.4. The van der Waals surface area contributed by atoms with Gasteiger partial charge in [0.25, 0.3) is 0 Å². The zero-order chi connectivity index (χ0) is 13.7. The number of esters is 1. The summed E-state index contributed by atoms with van der Waals surface area (Å²) >= 11 is 0. The summed E-state index contributed by atoms with van der Waals surface area (Å²) in [5.74, 6) is 1.37. The molecule has 0 bridgehead atoms. The van der Waals surface area contributed by atoms with E-state index >= 15 is 0 Å². The Bertz CT molecular complexity index is 454. The molecule has 4 nitrogen and oxygen atoms in total. The Morgan fingerprint density at radius 1 is 1.16 bits per heavy atom. The molecule has 1 aromatic carbocycles. The molecule has 0 aliphatic carbocycles. The summed E-state index contributed by atoms with van der Waals surface area (Å²) < 4.78 is 16.0.